The normalized spacial score (nSPS) is 22.4. The van der Waals surface area contributed by atoms with Crippen molar-refractivity contribution in [3.8, 4) is 0 Å². The Morgan fingerprint density at radius 1 is 1.12 bits per heavy atom. The Balaban J connectivity index is 1.68. The maximum absolute atomic E-state index is 12.7. The van der Waals surface area contributed by atoms with Gasteiger partial charge in [0, 0.05) is 32.7 Å². The Kier molecular flexibility index (Phi) is 6.08. The van der Waals surface area contributed by atoms with E-state index in [1.807, 2.05) is 17.0 Å². The molecule has 1 aromatic carbocycles. The molecule has 0 saturated carbocycles. The summed E-state index contributed by atoms with van der Waals surface area (Å²) in [6.45, 7) is 5.93. The van der Waals surface area contributed by atoms with Crippen LogP contribution in [0.2, 0.25) is 0 Å². The van der Waals surface area contributed by atoms with E-state index in [4.69, 9.17) is 0 Å². The van der Waals surface area contributed by atoms with Gasteiger partial charge in [-0.1, -0.05) is 37.1 Å². The van der Waals surface area contributed by atoms with Crippen molar-refractivity contribution >= 4 is 11.8 Å². The molecule has 2 saturated heterocycles. The number of hydrogen-bond donors (Lipinski definition) is 1. The fourth-order valence-electron chi connectivity index (χ4n) is 3.79. The molecule has 1 N–H and O–H groups in total. The number of nitrogens with one attached hydrogen (secondary N) is 1. The third kappa shape index (κ3) is 4.60. The van der Waals surface area contributed by atoms with Gasteiger partial charge in [0.2, 0.25) is 11.8 Å². The molecule has 25 heavy (non-hydrogen) atoms. The molecule has 5 heteroatoms. The van der Waals surface area contributed by atoms with Gasteiger partial charge in [0.25, 0.3) is 0 Å². The third-order valence-corrected chi connectivity index (χ3v) is 5.40. The lowest BCUT2D eigenvalue weighted by Gasteiger charge is -2.36. The fraction of sp³-hybridized carbons (Fsp3) is 0.600. The number of aryl methyl sites for hydroxylation is 1. The number of rotatable bonds is 4. The molecule has 5 nitrogen and oxygen atoms in total. The first-order valence-corrected chi connectivity index (χ1v) is 9.49. The first-order valence-electron chi connectivity index (χ1n) is 9.49. The van der Waals surface area contributed by atoms with E-state index in [2.05, 4.69) is 29.3 Å². The highest BCUT2D eigenvalue weighted by Gasteiger charge is 2.33. The van der Waals surface area contributed by atoms with Crippen molar-refractivity contribution in [1.82, 2.24) is 15.1 Å². The van der Waals surface area contributed by atoms with E-state index in [0.29, 0.717) is 6.54 Å². The van der Waals surface area contributed by atoms with Crippen LogP contribution in [0.15, 0.2) is 24.3 Å². The van der Waals surface area contributed by atoms with E-state index in [-0.39, 0.29) is 24.3 Å². The highest BCUT2D eigenvalue weighted by Crippen LogP contribution is 2.18. The zero-order chi connectivity index (χ0) is 17.6. The predicted octanol–water partition coefficient (Wildman–Crippen LogP) is 2.09. The van der Waals surface area contributed by atoms with Crippen molar-refractivity contribution in [2.45, 2.75) is 51.6 Å². The summed E-state index contributed by atoms with van der Waals surface area (Å²) in [5, 5.41) is 2.93. The molecule has 2 amide bonds. The molecule has 2 heterocycles. The van der Waals surface area contributed by atoms with Gasteiger partial charge < -0.3 is 10.2 Å². The molecule has 2 aliphatic heterocycles. The Morgan fingerprint density at radius 2 is 1.84 bits per heavy atom. The van der Waals surface area contributed by atoms with E-state index < -0.39 is 0 Å². The molecule has 2 fully saturated rings. The van der Waals surface area contributed by atoms with Gasteiger partial charge in [0.05, 0.1) is 12.5 Å². The lowest BCUT2D eigenvalue weighted by Crippen LogP contribution is -2.56. The Morgan fingerprint density at radius 3 is 2.56 bits per heavy atom. The summed E-state index contributed by atoms with van der Waals surface area (Å²) in [4.78, 5) is 29.3. The van der Waals surface area contributed by atoms with Crippen molar-refractivity contribution in [1.29, 1.82) is 0 Å². The van der Waals surface area contributed by atoms with Crippen LogP contribution in [0.25, 0.3) is 0 Å². The molecular formula is C20H29N3O2. The van der Waals surface area contributed by atoms with Crippen LogP contribution >= 0.6 is 0 Å². The van der Waals surface area contributed by atoms with Crippen molar-refractivity contribution in [3.05, 3.63) is 35.4 Å². The largest absolute Gasteiger partial charge is 0.353 e. The summed E-state index contributed by atoms with van der Waals surface area (Å²) in [6, 6.07) is 7.90. The van der Waals surface area contributed by atoms with Gasteiger partial charge >= 0.3 is 0 Å². The number of likely N-dealkylation sites (tertiary alicyclic amines) is 1. The van der Waals surface area contributed by atoms with Crippen LogP contribution in [0.4, 0.5) is 0 Å². The Hall–Kier alpha value is -1.88. The average molecular weight is 343 g/mol. The zero-order valence-corrected chi connectivity index (χ0v) is 15.2. The highest BCUT2D eigenvalue weighted by atomic mass is 16.2. The van der Waals surface area contributed by atoms with Crippen LogP contribution < -0.4 is 5.32 Å². The van der Waals surface area contributed by atoms with Crippen LogP contribution in [0.3, 0.4) is 0 Å². The topological polar surface area (TPSA) is 52.7 Å². The maximum Gasteiger partial charge on any atom is 0.237 e. The quantitative estimate of drug-likeness (QED) is 0.911. The van der Waals surface area contributed by atoms with Crippen LogP contribution in [-0.2, 0) is 16.1 Å². The first kappa shape index (κ1) is 17.9. The van der Waals surface area contributed by atoms with E-state index >= 15 is 0 Å². The molecule has 0 aliphatic carbocycles. The highest BCUT2D eigenvalue weighted by molar-refractivity contribution is 5.88. The number of carbonyl (C=O) groups excluding carboxylic acids is 2. The van der Waals surface area contributed by atoms with E-state index in [9.17, 15) is 9.59 Å². The molecule has 1 atom stereocenters. The van der Waals surface area contributed by atoms with E-state index in [1.54, 1.807) is 0 Å². The number of hydrogen-bond acceptors (Lipinski definition) is 3. The summed E-state index contributed by atoms with van der Waals surface area (Å²) in [5.74, 6) is 0.113. The van der Waals surface area contributed by atoms with Crippen LogP contribution in [0.1, 0.15) is 43.2 Å². The SMILES string of the molecule is Cc1ccccc1CN1CCNC(=O)C1CC(=O)N1CCCCCC1. The second-order valence-corrected chi connectivity index (χ2v) is 7.20. The second kappa shape index (κ2) is 8.48. The lowest BCUT2D eigenvalue weighted by molar-refractivity contribution is -0.139. The smallest absolute Gasteiger partial charge is 0.237 e. The zero-order valence-electron chi connectivity index (χ0n) is 15.2. The summed E-state index contributed by atoms with van der Waals surface area (Å²) < 4.78 is 0. The third-order valence-electron chi connectivity index (χ3n) is 5.40. The molecule has 1 unspecified atom stereocenters. The summed E-state index contributed by atoms with van der Waals surface area (Å²) in [6.07, 6.45) is 4.85. The van der Waals surface area contributed by atoms with Gasteiger partial charge in [0.15, 0.2) is 0 Å². The predicted molar refractivity (Wildman–Crippen MR) is 98.1 cm³/mol. The molecule has 136 valence electrons. The van der Waals surface area contributed by atoms with Crippen LogP contribution in [0.5, 0.6) is 0 Å². The maximum atomic E-state index is 12.7. The molecular weight excluding hydrogens is 314 g/mol. The second-order valence-electron chi connectivity index (χ2n) is 7.20. The van der Waals surface area contributed by atoms with Gasteiger partial charge in [-0.3, -0.25) is 14.5 Å². The molecule has 0 spiro atoms. The minimum atomic E-state index is -0.357. The van der Waals surface area contributed by atoms with Gasteiger partial charge in [-0.15, -0.1) is 0 Å². The number of benzene rings is 1. The summed E-state index contributed by atoms with van der Waals surface area (Å²) in [5.41, 5.74) is 2.45. The molecule has 3 rings (SSSR count). The number of amides is 2. The molecule has 1 aromatic rings. The average Bonchev–Trinajstić information content (AvgIpc) is 2.89. The van der Waals surface area contributed by atoms with E-state index in [1.165, 1.54) is 24.0 Å². The number of carbonyl (C=O) groups is 2. The standard InChI is InChI=1S/C20H29N3O2/c1-16-8-4-5-9-17(16)15-23-13-10-21-20(25)18(23)14-19(24)22-11-6-2-3-7-12-22/h4-5,8-9,18H,2-3,6-7,10-15H2,1H3,(H,21,25). The minimum Gasteiger partial charge on any atom is -0.353 e. The fourth-order valence-corrected chi connectivity index (χ4v) is 3.79. The molecule has 0 radical (unpaired) electrons. The van der Waals surface area contributed by atoms with Crippen molar-refractivity contribution < 1.29 is 9.59 Å². The summed E-state index contributed by atoms with van der Waals surface area (Å²) >= 11 is 0. The molecule has 0 bridgehead atoms. The number of nitrogens with zero attached hydrogens (tertiary/aromatic N) is 2. The number of piperazine rings is 1. The molecule has 0 aromatic heterocycles. The van der Waals surface area contributed by atoms with Gasteiger partial charge in [-0.25, -0.2) is 0 Å². The Bertz CT molecular complexity index is 609. The van der Waals surface area contributed by atoms with Crippen molar-refractivity contribution in [3.63, 3.8) is 0 Å². The molecule has 2 aliphatic rings. The monoisotopic (exact) mass is 343 g/mol. The minimum absolute atomic E-state index is 0.0111. The van der Waals surface area contributed by atoms with Crippen LogP contribution in [-0.4, -0.2) is 53.8 Å². The lowest BCUT2D eigenvalue weighted by atomic mass is 10.0. The van der Waals surface area contributed by atoms with Crippen LogP contribution in [0, 0.1) is 6.92 Å². The van der Waals surface area contributed by atoms with Gasteiger partial charge in [-0.05, 0) is 30.9 Å². The van der Waals surface area contributed by atoms with Gasteiger partial charge in [0.1, 0.15) is 0 Å². The Labute approximate surface area is 150 Å². The summed E-state index contributed by atoms with van der Waals surface area (Å²) in [7, 11) is 0. The van der Waals surface area contributed by atoms with Crippen molar-refractivity contribution in [2.75, 3.05) is 26.2 Å². The van der Waals surface area contributed by atoms with Gasteiger partial charge in [-0.2, -0.15) is 0 Å². The van der Waals surface area contributed by atoms with Crippen molar-refractivity contribution in [2.24, 2.45) is 0 Å². The van der Waals surface area contributed by atoms with E-state index in [0.717, 1.165) is 39.0 Å². The first-order chi connectivity index (χ1) is 12.1.